The number of hydrogen-bond donors (Lipinski definition) is 2. The second kappa shape index (κ2) is 8.29. The summed E-state index contributed by atoms with van der Waals surface area (Å²) in [4.78, 5) is 23.0. The SMILES string of the molecule is CCCCNC(=O)CC(=O)NCc1cccc(C)c1. The van der Waals surface area contributed by atoms with Crippen molar-refractivity contribution in [2.24, 2.45) is 0 Å². The van der Waals surface area contributed by atoms with Crippen molar-refractivity contribution in [3.63, 3.8) is 0 Å². The highest BCUT2D eigenvalue weighted by molar-refractivity contribution is 5.96. The zero-order valence-corrected chi connectivity index (χ0v) is 11.7. The molecule has 0 fully saturated rings. The first-order valence-electron chi connectivity index (χ1n) is 6.70. The minimum atomic E-state index is -0.240. The molecule has 0 atom stereocenters. The zero-order valence-electron chi connectivity index (χ0n) is 11.7. The molecule has 0 aliphatic heterocycles. The Morgan fingerprint density at radius 2 is 1.89 bits per heavy atom. The predicted octanol–water partition coefficient (Wildman–Crippen LogP) is 1.92. The van der Waals surface area contributed by atoms with Gasteiger partial charge in [-0.2, -0.15) is 0 Å². The number of hydrogen-bond acceptors (Lipinski definition) is 2. The summed E-state index contributed by atoms with van der Waals surface area (Å²) in [5.74, 6) is -0.453. The third-order valence-corrected chi connectivity index (χ3v) is 2.75. The van der Waals surface area contributed by atoms with E-state index in [1.54, 1.807) is 0 Å². The first-order valence-corrected chi connectivity index (χ1v) is 6.70. The number of amides is 2. The van der Waals surface area contributed by atoms with E-state index in [1.807, 2.05) is 31.2 Å². The van der Waals surface area contributed by atoms with Crippen LogP contribution in [0.5, 0.6) is 0 Å². The lowest BCUT2D eigenvalue weighted by Crippen LogP contribution is -2.32. The summed E-state index contributed by atoms with van der Waals surface area (Å²) in [5.41, 5.74) is 2.20. The fourth-order valence-electron chi connectivity index (χ4n) is 1.70. The molecule has 0 unspecified atom stereocenters. The summed E-state index contributed by atoms with van der Waals surface area (Å²) in [5, 5.41) is 5.47. The van der Waals surface area contributed by atoms with Gasteiger partial charge in [0, 0.05) is 13.1 Å². The molecule has 0 saturated carbocycles. The standard InChI is InChI=1S/C15H22N2O2/c1-3-4-8-16-14(18)10-15(19)17-11-13-7-5-6-12(2)9-13/h5-7,9H,3-4,8,10-11H2,1-2H3,(H,16,18)(H,17,19). The van der Waals surface area contributed by atoms with Gasteiger partial charge in [0.1, 0.15) is 6.42 Å². The third-order valence-electron chi connectivity index (χ3n) is 2.75. The highest BCUT2D eigenvalue weighted by Gasteiger charge is 2.08. The van der Waals surface area contributed by atoms with Gasteiger partial charge in [0.25, 0.3) is 0 Å². The summed E-state index contributed by atoms with van der Waals surface area (Å²) in [6.45, 7) is 5.16. The Morgan fingerprint density at radius 1 is 1.16 bits per heavy atom. The number of unbranched alkanes of at least 4 members (excludes halogenated alkanes) is 1. The monoisotopic (exact) mass is 262 g/mol. The van der Waals surface area contributed by atoms with Crippen LogP contribution in [0.2, 0.25) is 0 Å². The lowest BCUT2D eigenvalue weighted by Gasteiger charge is -2.07. The van der Waals surface area contributed by atoms with Crippen LogP contribution in [-0.2, 0) is 16.1 Å². The van der Waals surface area contributed by atoms with E-state index in [0.717, 1.165) is 24.0 Å². The Morgan fingerprint density at radius 3 is 2.58 bits per heavy atom. The molecule has 1 rings (SSSR count). The van der Waals surface area contributed by atoms with E-state index in [-0.39, 0.29) is 18.2 Å². The number of aryl methyl sites for hydroxylation is 1. The minimum absolute atomic E-state index is 0.102. The average molecular weight is 262 g/mol. The van der Waals surface area contributed by atoms with Gasteiger partial charge in [-0.1, -0.05) is 43.2 Å². The van der Waals surface area contributed by atoms with E-state index >= 15 is 0 Å². The molecule has 19 heavy (non-hydrogen) atoms. The topological polar surface area (TPSA) is 58.2 Å². The number of carbonyl (C=O) groups excluding carboxylic acids is 2. The van der Waals surface area contributed by atoms with Gasteiger partial charge >= 0.3 is 0 Å². The highest BCUT2D eigenvalue weighted by Crippen LogP contribution is 2.03. The van der Waals surface area contributed by atoms with Gasteiger partial charge < -0.3 is 10.6 Å². The normalized spacial score (nSPS) is 10.0. The van der Waals surface area contributed by atoms with Gasteiger partial charge in [-0.3, -0.25) is 9.59 Å². The fourth-order valence-corrected chi connectivity index (χ4v) is 1.70. The first-order chi connectivity index (χ1) is 9.11. The molecule has 0 spiro atoms. The number of carbonyl (C=O) groups is 2. The number of benzene rings is 1. The van der Waals surface area contributed by atoms with Crippen LogP contribution in [0.1, 0.15) is 37.3 Å². The first kappa shape index (κ1) is 15.2. The van der Waals surface area contributed by atoms with E-state index in [0.29, 0.717) is 13.1 Å². The Kier molecular flexibility index (Phi) is 6.64. The van der Waals surface area contributed by atoms with Crippen LogP contribution in [0.4, 0.5) is 0 Å². The van der Waals surface area contributed by atoms with Crippen molar-refractivity contribution in [1.29, 1.82) is 0 Å². The summed E-state index contributed by atoms with van der Waals surface area (Å²) in [6.07, 6.45) is 1.87. The maximum absolute atomic E-state index is 11.6. The van der Waals surface area contributed by atoms with Crippen LogP contribution in [0.3, 0.4) is 0 Å². The van der Waals surface area contributed by atoms with Crippen LogP contribution in [-0.4, -0.2) is 18.4 Å². The molecular weight excluding hydrogens is 240 g/mol. The Bertz CT molecular complexity index is 430. The summed E-state index contributed by atoms with van der Waals surface area (Å²) >= 11 is 0. The molecule has 1 aromatic rings. The van der Waals surface area contributed by atoms with Crippen LogP contribution in [0, 0.1) is 6.92 Å². The smallest absolute Gasteiger partial charge is 0.229 e. The molecule has 0 radical (unpaired) electrons. The van der Waals surface area contributed by atoms with Crippen molar-refractivity contribution < 1.29 is 9.59 Å². The lowest BCUT2D eigenvalue weighted by molar-refractivity contribution is -0.129. The number of nitrogens with one attached hydrogen (secondary N) is 2. The third kappa shape index (κ3) is 6.60. The van der Waals surface area contributed by atoms with Crippen molar-refractivity contribution in [1.82, 2.24) is 10.6 Å². The maximum Gasteiger partial charge on any atom is 0.229 e. The van der Waals surface area contributed by atoms with Crippen molar-refractivity contribution >= 4 is 11.8 Å². The summed E-state index contributed by atoms with van der Waals surface area (Å²) in [7, 11) is 0. The van der Waals surface area contributed by atoms with Crippen LogP contribution < -0.4 is 10.6 Å². The second-order valence-electron chi connectivity index (χ2n) is 4.65. The van der Waals surface area contributed by atoms with Gasteiger partial charge in [0.15, 0.2) is 0 Å². The fraction of sp³-hybridized carbons (Fsp3) is 0.467. The van der Waals surface area contributed by atoms with Crippen molar-refractivity contribution in [2.45, 2.75) is 39.7 Å². The van der Waals surface area contributed by atoms with Crippen LogP contribution in [0.25, 0.3) is 0 Å². The Labute approximate surface area is 114 Å². The van der Waals surface area contributed by atoms with Crippen LogP contribution >= 0.6 is 0 Å². The Balaban J connectivity index is 2.26. The minimum Gasteiger partial charge on any atom is -0.356 e. The molecule has 0 saturated heterocycles. The largest absolute Gasteiger partial charge is 0.356 e. The molecule has 104 valence electrons. The molecule has 2 N–H and O–H groups in total. The van der Waals surface area contributed by atoms with Gasteiger partial charge in [-0.05, 0) is 18.9 Å². The molecule has 0 aromatic heterocycles. The molecule has 4 heteroatoms. The van der Waals surface area contributed by atoms with Gasteiger partial charge in [-0.15, -0.1) is 0 Å². The summed E-state index contributed by atoms with van der Waals surface area (Å²) < 4.78 is 0. The Hall–Kier alpha value is -1.84. The molecule has 0 aliphatic carbocycles. The highest BCUT2D eigenvalue weighted by atomic mass is 16.2. The molecule has 4 nitrogen and oxygen atoms in total. The predicted molar refractivity (Wildman–Crippen MR) is 75.6 cm³/mol. The average Bonchev–Trinajstić information content (AvgIpc) is 2.37. The molecule has 0 bridgehead atoms. The van der Waals surface area contributed by atoms with Crippen molar-refractivity contribution in [2.75, 3.05) is 6.54 Å². The van der Waals surface area contributed by atoms with E-state index in [4.69, 9.17) is 0 Å². The van der Waals surface area contributed by atoms with Crippen molar-refractivity contribution in [3.8, 4) is 0 Å². The zero-order chi connectivity index (χ0) is 14.1. The molecule has 1 aromatic carbocycles. The number of rotatable bonds is 7. The summed E-state index contributed by atoms with van der Waals surface area (Å²) in [6, 6.07) is 7.93. The van der Waals surface area contributed by atoms with Gasteiger partial charge in [0.05, 0.1) is 0 Å². The van der Waals surface area contributed by atoms with E-state index in [2.05, 4.69) is 17.6 Å². The molecular formula is C15H22N2O2. The molecule has 2 amide bonds. The van der Waals surface area contributed by atoms with Crippen molar-refractivity contribution in [3.05, 3.63) is 35.4 Å². The van der Waals surface area contributed by atoms with Gasteiger partial charge in [0.2, 0.25) is 11.8 Å². The quantitative estimate of drug-likeness (QED) is 0.582. The maximum atomic E-state index is 11.6. The van der Waals surface area contributed by atoms with Gasteiger partial charge in [-0.25, -0.2) is 0 Å². The lowest BCUT2D eigenvalue weighted by atomic mass is 10.1. The van der Waals surface area contributed by atoms with E-state index in [1.165, 1.54) is 0 Å². The second-order valence-corrected chi connectivity index (χ2v) is 4.65. The van der Waals surface area contributed by atoms with E-state index < -0.39 is 0 Å². The van der Waals surface area contributed by atoms with E-state index in [9.17, 15) is 9.59 Å². The molecule has 0 heterocycles. The molecule has 0 aliphatic rings. The van der Waals surface area contributed by atoms with Crippen LogP contribution in [0.15, 0.2) is 24.3 Å².